The van der Waals surface area contributed by atoms with E-state index in [1.807, 2.05) is 0 Å². The number of ketones is 2. The molecule has 0 radical (unpaired) electrons. The lowest BCUT2D eigenvalue weighted by atomic mass is 9.44. The molecular formula is C38H55F2N3O16. The van der Waals surface area contributed by atoms with Crippen molar-refractivity contribution in [3.63, 3.8) is 0 Å². The first kappa shape index (κ1) is 46.7. The largest absolute Gasteiger partial charge is 0.464 e. The molecule has 0 aromatic heterocycles. The van der Waals surface area contributed by atoms with Crippen molar-refractivity contribution in [3.8, 4) is 0 Å². The summed E-state index contributed by atoms with van der Waals surface area (Å²) in [6.07, 6.45) is -0.844. The summed E-state index contributed by atoms with van der Waals surface area (Å²) in [7, 11) is 0. The highest BCUT2D eigenvalue weighted by atomic mass is 19.1. The molecular weight excluding hydrogens is 792 g/mol. The first-order valence-electron chi connectivity index (χ1n) is 19.7. The van der Waals surface area contributed by atoms with Crippen LogP contribution in [0.25, 0.3) is 0 Å². The maximum Gasteiger partial charge on any atom is 0.329 e. The smallest absolute Gasteiger partial charge is 0.329 e. The van der Waals surface area contributed by atoms with E-state index in [9.17, 15) is 29.1 Å². The highest BCUT2D eigenvalue weighted by Gasteiger charge is 2.80. The van der Waals surface area contributed by atoms with Crippen molar-refractivity contribution in [2.75, 3.05) is 26.4 Å². The van der Waals surface area contributed by atoms with E-state index in [0.717, 1.165) is 6.08 Å². The molecule has 0 bridgehead atoms. The summed E-state index contributed by atoms with van der Waals surface area (Å²) < 4.78 is 57.0. The minimum absolute atomic E-state index is 0.0428. The van der Waals surface area contributed by atoms with Gasteiger partial charge in [-0.05, 0) is 89.4 Å². The lowest BCUT2D eigenvalue weighted by molar-refractivity contribution is -0.492. The summed E-state index contributed by atoms with van der Waals surface area (Å²) in [5, 5.41) is 47.8. The maximum absolute atomic E-state index is 17.8. The standard InChI is InChI=1S/C38H55F2N3O16/c1-34(2)58-30-18-23-24-17-26(39)25-16-22(44)11-12-35(25,3)37(24,40)28(45)20-36(23,4)38(30,59-34)29(46)21-55-32(48)19-27(33(49)54-13-8-9-15-57-43(52)53)41-31(47)10-6-5-7-14-56-42(50)51/h11-12,16,23-24,26-28,30,45,50-53H,5-10,13-15,17-21H2,1-4H3,(H,41,47)/t23?,24?,26-,27?,28-,30+,35-,36-,37-,38+/m0/s1. The number of fused-ring (bicyclic) bond motifs is 7. The SMILES string of the molecule is CC1(C)O[C@@H]2CC3C4C[C@H](F)C5=CC(=O)C=C[C@]5(C)[C@@]4(F)[C@@H](O)C[C@]3(C)[C@]2(C(=O)COC(=O)CC(NC(=O)CCCCCON(O)O)C(=O)OCCCCON(O)O)O1. The van der Waals surface area contributed by atoms with Crippen LogP contribution in [0.2, 0.25) is 0 Å². The van der Waals surface area contributed by atoms with Gasteiger partial charge in [-0.15, -0.1) is 0 Å². The number of unbranched alkanes of at least 4 members (excludes halogenated alkanes) is 3. The number of allylic oxidation sites excluding steroid dienone is 4. The fourth-order valence-electron chi connectivity index (χ4n) is 10.1. The molecule has 21 heteroatoms. The van der Waals surface area contributed by atoms with Crippen LogP contribution in [0.1, 0.15) is 91.9 Å². The number of carbonyl (C=O) groups excluding carboxylic acids is 5. The van der Waals surface area contributed by atoms with Crippen LogP contribution in [0.3, 0.4) is 0 Å². The molecule has 4 fully saturated rings. The van der Waals surface area contributed by atoms with Gasteiger partial charge in [-0.25, -0.2) is 13.6 Å². The Kier molecular flexibility index (Phi) is 14.5. The van der Waals surface area contributed by atoms with Gasteiger partial charge in [0.15, 0.2) is 29.4 Å². The minimum atomic E-state index is -2.42. The lowest BCUT2D eigenvalue weighted by Gasteiger charge is -2.63. The summed E-state index contributed by atoms with van der Waals surface area (Å²) in [5.41, 5.74) is -7.38. The first-order valence-corrected chi connectivity index (χ1v) is 19.7. The third kappa shape index (κ3) is 9.30. The van der Waals surface area contributed by atoms with Crippen molar-refractivity contribution in [2.24, 2.45) is 22.7 Å². The predicted molar refractivity (Wildman–Crippen MR) is 191 cm³/mol. The Morgan fingerprint density at radius 3 is 2.24 bits per heavy atom. The van der Waals surface area contributed by atoms with E-state index >= 15 is 8.78 Å². The van der Waals surface area contributed by atoms with Gasteiger partial charge in [-0.1, -0.05) is 19.4 Å². The molecule has 5 aliphatic rings. The molecule has 1 heterocycles. The van der Waals surface area contributed by atoms with Crippen LogP contribution in [-0.2, 0) is 52.6 Å². The van der Waals surface area contributed by atoms with Crippen LogP contribution < -0.4 is 5.32 Å². The molecule has 332 valence electrons. The number of amides is 1. The van der Waals surface area contributed by atoms with Gasteiger partial charge in [0.2, 0.25) is 11.7 Å². The second-order valence-corrected chi connectivity index (χ2v) is 16.7. The zero-order chi connectivity index (χ0) is 43.6. The van der Waals surface area contributed by atoms with Gasteiger partial charge >= 0.3 is 11.9 Å². The quantitative estimate of drug-likeness (QED) is 0.0585. The molecule has 1 amide bonds. The summed E-state index contributed by atoms with van der Waals surface area (Å²) in [6, 6.07) is -1.55. The Balaban J connectivity index is 1.28. The predicted octanol–water partition coefficient (Wildman–Crippen LogP) is 2.70. The van der Waals surface area contributed by atoms with Crippen LogP contribution in [0.5, 0.6) is 0 Å². The topological polar surface area (TPSA) is 260 Å². The molecule has 1 saturated heterocycles. The summed E-state index contributed by atoms with van der Waals surface area (Å²) in [5.74, 6) is -7.20. The highest BCUT2D eigenvalue weighted by molar-refractivity contribution is 6.01. The fourth-order valence-corrected chi connectivity index (χ4v) is 10.1. The lowest BCUT2D eigenvalue weighted by Crippen LogP contribution is -2.71. The molecule has 0 aromatic carbocycles. The molecule has 0 spiro atoms. The Morgan fingerprint density at radius 2 is 1.58 bits per heavy atom. The molecule has 59 heavy (non-hydrogen) atoms. The van der Waals surface area contributed by atoms with Crippen molar-refractivity contribution in [1.29, 1.82) is 0 Å². The van der Waals surface area contributed by atoms with Gasteiger partial charge < -0.3 is 29.4 Å². The Morgan fingerprint density at radius 1 is 0.932 bits per heavy atom. The number of Topliss-reactive ketones (excluding diaryl/α,β-unsaturated/α-hetero) is 1. The molecule has 4 aliphatic carbocycles. The van der Waals surface area contributed by atoms with Gasteiger partial charge in [0, 0.05) is 23.2 Å². The van der Waals surface area contributed by atoms with E-state index < -0.39 is 117 Å². The van der Waals surface area contributed by atoms with Crippen molar-refractivity contribution in [2.45, 2.75) is 133 Å². The van der Waals surface area contributed by atoms with E-state index in [1.54, 1.807) is 20.8 Å². The Labute approximate surface area is 338 Å². The summed E-state index contributed by atoms with van der Waals surface area (Å²) >= 11 is 0. The average molecular weight is 848 g/mol. The van der Waals surface area contributed by atoms with E-state index in [1.165, 1.54) is 19.1 Å². The van der Waals surface area contributed by atoms with Crippen LogP contribution in [-0.4, -0.2) is 134 Å². The number of rotatable bonds is 20. The Bertz CT molecular complexity index is 1660. The number of ether oxygens (including phenoxy) is 4. The van der Waals surface area contributed by atoms with Crippen LogP contribution in [0, 0.1) is 22.7 Å². The van der Waals surface area contributed by atoms with Gasteiger partial charge in [0.25, 0.3) is 0 Å². The third-order valence-corrected chi connectivity index (χ3v) is 12.6. The third-order valence-electron chi connectivity index (χ3n) is 12.6. The number of hydrogen-bond acceptors (Lipinski definition) is 18. The van der Waals surface area contributed by atoms with E-state index in [2.05, 4.69) is 15.0 Å². The number of alkyl halides is 2. The number of aliphatic hydroxyl groups is 1. The number of hydrogen-bond donors (Lipinski definition) is 6. The molecule has 19 nitrogen and oxygen atoms in total. The Hall–Kier alpha value is -3.35. The number of carbonyl (C=O) groups is 5. The molecule has 1 aliphatic heterocycles. The molecule has 10 atom stereocenters. The van der Waals surface area contributed by atoms with Crippen LogP contribution >= 0.6 is 0 Å². The van der Waals surface area contributed by atoms with E-state index in [-0.39, 0.29) is 63.9 Å². The normalized spacial score (nSPS) is 34.7. The van der Waals surface area contributed by atoms with Crippen molar-refractivity contribution in [3.05, 3.63) is 23.8 Å². The zero-order valence-electron chi connectivity index (χ0n) is 33.5. The number of aliphatic hydroxyl groups excluding tert-OH is 1. The highest BCUT2D eigenvalue weighted by Crippen LogP contribution is 2.72. The maximum atomic E-state index is 17.8. The van der Waals surface area contributed by atoms with Crippen LogP contribution in [0.15, 0.2) is 23.8 Å². The van der Waals surface area contributed by atoms with Crippen molar-refractivity contribution < 1.29 is 87.3 Å². The number of esters is 2. The van der Waals surface area contributed by atoms with Gasteiger partial charge in [0.05, 0.1) is 49.2 Å². The minimum Gasteiger partial charge on any atom is -0.464 e. The molecule has 3 saturated carbocycles. The van der Waals surface area contributed by atoms with Crippen molar-refractivity contribution in [1.82, 2.24) is 16.1 Å². The molecule has 5 rings (SSSR count). The van der Waals surface area contributed by atoms with Gasteiger partial charge in [-0.2, -0.15) is 0 Å². The van der Waals surface area contributed by atoms with Crippen LogP contribution in [0.4, 0.5) is 8.78 Å². The van der Waals surface area contributed by atoms with E-state index in [0.29, 0.717) is 19.3 Å². The first-order chi connectivity index (χ1) is 27.6. The molecule has 6 N–H and O–H groups in total. The second-order valence-electron chi connectivity index (χ2n) is 16.7. The molecule has 3 unspecified atom stereocenters. The van der Waals surface area contributed by atoms with Gasteiger partial charge in [0.1, 0.15) is 12.2 Å². The number of nitrogens with zero attached hydrogens (tertiary/aromatic N) is 2. The fraction of sp³-hybridized carbons (Fsp3) is 0.763. The zero-order valence-corrected chi connectivity index (χ0v) is 33.5. The second kappa shape index (κ2) is 18.3. The van der Waals surface area contributed by atoms with E-state index in [4.69, 9.17) is 39.8 Å². The van der Waals surface area contributed by atoms with Gasteiger partial charge in [-0.3, -0.25) is 49.7 Å². The monoisotopic (exact) mass is 847 g/mol. The van der Waals surface area contributed by atoms with Crippen molar-refractivity contribution >= 4 is 29.4 Å². The average Bonchev–Trinajstić information content (AvgIpc) is 3.56. The summed E-state index contributed by atoms with van der Waals surface area (Å²) in [6.45, 7) is 5.02. The molecule has 0 aromatic rings. The number of nitrogens with one attached hydrogen (secondary N) is 1. The summed E-state index contributed by atoms with van der Waals surface area (Å²) in [4.78, 5) is 74.8. The number of halogens is 2.